The summed E-state index contributed by atoms with van der Waals surface area (Å²) in [5.41, 5.74) is 2.29. The zero-order valence-corrected chi connectivity index (χ0v) is 6.66. The molecule has 1 spiro atoms. The molecular weight excluding hydrogens is 150 g/mol. The molecule has 1 aliphatic carbocycles. The molecule has 0 radical (unpaired) electrons. The third-order valence-corrected chi connectivity index (χ3v) is 2.51. The predicted molar refractivity (Wildman–Crippen MR) is 45.5 cm³/mol. The van der Waals surface area contributed by atoms with Crippen molar-refractivity contribution in [2.24, 2.45) is 0 Å². The van der Waals surface area contributed by atoms with Gasteiger partial charge in [0.1, 0.15) is 5.60 Å². The number of epoxide rings is 1. The zero-order valence-electron chi connectivity index (χ0n) is 6.66. The summed E-state index contributed by atoms with van der Waals surface area (Å²) in [7, 11) is 0. The second kappa shape index (κ2) is 1.96. The molecule has 60 valence electrons. The van der Waals surface area contributed by atoms with Gasteiger partial charge in [-0.15, -0.1) is 0 Å². The smallest absolute Gasteiger partial charge is 0.137 e. The second-order valence-corrected chi connectivity index (χ2v) is 3.33. The fraction of sp³-hybridized carbons (Fsp3) is 0.300. The van der Waals surface area contributed by atoms with Crippen LogP contribution in [0.4, 0.5) is 0 Å². The van der Waals surface area contributed by atoms with E-state index in [1.54, 1.807) is 0 Å². The first-order valence-electron chi connectivity index (χ1n) is 4.17. The standard InChI is InChI=1S/C10H9NO/c1-3-8-4-2-6-11-9(8)10(5-1)7-12-10/h1-4,6H,5,7H2. The van der Waals surface area contributed by atoms with Gasteiger partial charge < -0.3 is 4.74 Å². The lowest BCUT2D eigenvalue weighted by Crippen LogP contribution is -2.14. The molecule has 1 aromatic rings. The number of ether oxygens (including phenoxy) is 1. The fourth-order valence-electron chi connectivity index (χ4n) is 1.75. The maximum Gasteiger partial charge on any atom is 0.137 e. The molecule has 0 saturated carbocycles. The molecule has 2 heteroatoms. The summed E-state index contributed by atoms with van der Waals surface area (Å²) in [4.78, 5) is 4.36. The largest absolute Gasteiger partial charge is 0.362 e. The Morgan fingerprint density at radius 1 is 1.50 bits per heavy atom. The quantitative estimate of drug-likeness (QED) is 0.538. The van der Waals surface area contributed by atoms with E-state index >= 15 is 0 Å². The Morgan fingerprint density at radius 2 is 2.42 bits per heavy atom. The Bertz CT molecular complexity index is 353. The Kier molecular flexibility index (Phi) is 1.04. The number of fused-ring (bicyclic) bond motifs is 2. The molecular formula is C10H9NO. The monoisotopic (exact) mass is 159 g/mol. The van der Waals surface area contributed by atoms with Crippen LogP contribution in [0.3, 0.4) is 0 Å². The van der Waals surface area contributed by atoms with E-state index in [0.29, 0.717) is 0 Å². The average molecular weight is 159 g/mol. The molecule has 3 rings (SSSR count). The molecule has 1 aromatic heterocycles. The average Bonchev–Trinajstić information content (AvgIpc) is 2.87. The van der Waals surface area contributed by atoms with E-state index in [0.717, 1.165) is 18.7 Å². The molecule has 1 unspecified atom stereocenters. The van der Waals surface area contributed by atoms with E-state index in [1.807, 2.05) is 12.3 Å². The van der Waals surface area contributed by atoms with Crippen molar-refractivity contribution < 1.29 is 4.74 Å². The first kappa shape index (κ1) is 6.38. The van der Waals surface area contributed by atoms with E-state index in [2.05, 4.69) is 23.2 Å². The van der Waals surface area contributed by atoms with Crippen LogP contribution in [0.5, 0.6) is 0 Å². The van der Waals surface area contributed by atoms with Gasteiger partial charge >= 0.3 is 0 Å². The SMILES string of the molecule is C1=Cc2cccnc2C2(C1)CO2. The summed E-state index contributed by atoms with van der Waals surface area (Å²) in [6, 6.07) is 4.05. The summed E-state index contributed by atoms with van der Waals surface area (Å²) < 4.78 is 5.45. The first-order valence-corrected chi connectivity index (χ1v) is 4.17. The minimum Gasteiger partial charge on any atom is -0.362 e. The number of pyridine rings is 1. The Labute approximate surface area is 70.9 Å². The molecule has 1 atom stereocenters. The van der Waals surface area contributed by atoms with Crippen molar-refractivity contribution in [3.63, 3.8) is 0 Å². The van der Waals surface area contributed by atoms with Gasteiger partial charge in [-0.1, -0.05) is 18.2 Å². The predicted octanol–water partition coefficient (Wildman–Crippen LogP) is 1.72. The van der Waals surface area contributed by atoms with Gasteiger partial charge in [0.25, 0.3) is 0 Å². The van der Waals surface area contributed by atoms with Crippen LogP contribution in [0.1, 0.15) is 17.7 Å². The van der Waals surface area contributed by atoms with Crippen molar-refractivity contribution in [2.75, 3.05) is 6.61 Å². The molecule has 2 nitrogen and oxygen atoms in total. The van der Waals surface area contributed by atoms with Crippen molar-refractivity contribution in [1.82, 2.24) is 4.98 Å². The normalized spacial score (nSPS) is 30.3. The van der Waals surface area contributed by atoms with Crippen LogP contribution >= 0.6 is 0 Å². The third-order valence-electron chi connectivity index (χ3n) is 2.51. The fourth-order valence-corrected chi connectivity index (χ4v) is 1.75. The third kappa shape index (κ3) is 0.703. The minimum atomic E-state index is -0.0364. The van der Waals surface area contributed by atoms with Gasteiger partial charge in [-0.2, -0.15) is 0 Å². The van der Waals surface area contributed by atoms with E-state index in [9.17, 15) is 0 Å². The molecule has 1 saturated heterocycles. The van der Waals surface area contributed by atoms with Gasteiger partial charge in [0, 0.05) is 12.6 Å². The van der Waals surface area contributed by atoms with Crippen LogP contribution in [0.15, 0.2) is 24.4 Å². The van der Waals surface area contributed by atoms with Crippen molar-refractivity contribution in [2.45, 2.75) is 12.0 Å². The summed E-state index contributed by atoms with van der Waals surface area (Å²) in [6.45, 7) is 0.835. The lowest BCUT2D eigenvalue weighted by atomic mass is 9.92. The molecule has 2 heterocycles. The van der Waals surface area contributed by atoms with Gasteiger partial charge in [-0.25, -0.2) is 0 Å². The van der Waals surface area contributed by atoms with Crippen molar-refractivity contribution in [3.05, 3.63) is 35.7 Å². The maximum absolute atomic E-state index is 5.45. The van der Waals surface area contributed by atoms with Crippen molar-refractivity contribution in [1.29, 1.82) is 0 Å². The lowest BCUT2D eigenvalue weighted by molar-refractivity contribution is 0.303. The van der Waals surface area contributed by atoms with Crippen LogP contribution in [0.2, 0.25) is 0 Å². The molecule has 12 heavy (non-hydrogen) atoms. The van der Waals surface area contributed by atoms with E-state index in [1.165, 1.54) is 5.56 Å². The molecule has 1 fully saturated rings. The van der Waals surface area contributed by atoms with Gasteiger partial charge in [0.05, 0.1) is 12.3 Å². The summed E-state index contributed by atoms with van der Waals surface area (Å²) in [6.07, 6.45) is 7.10. The summed E-state index contributed by atoms with van der Waals surface area (Å²) in [5.74, 6) is 0. The zero-order chi connectivity index (χ0) is 8.02. The summed E-state index contributed by atoms with van der Waals surface area (Å²) in [5, 5.41) is 0. The Hall–Kier alpha value is -1.15. The highest BCUT2D eigenvalue weighted by atomic mass is 16.6. The number of rotatable bonds is 0. The number of hydrogen-bond acceptors (Lipinski definition) is 2. The molecule has 0 amide bonds. The van der Waals surface area contributed by atoms with Crippen LogP contribution in [0.25, 0.3) is 6.08 Å². The Morgan fingerprint density at radius 3 is 3.25 bits per heavy atom. The van der Waals surface area contributed by atoms with Gasteiger partial charge in [-0.3, -0.25) is 4.98 Å². The maximum atomic E-state index is 5.45. The van der Waals surface area contributed by atoms with Gasteiger partial charge in [0.15, 0.2) is 0 Å². The van der Waals surface area contributed by atoms with Crippen LogP contribution in [-0.2, 0) is 10.3 Å². The Balaban J connectivity index is 2.23. The summed E-state index contributed by atoms with van der Waals surface area (Å²) >= 11 is 0. The van der Waals surface area contributed by atoms with E-state index in [-0.39, 0.29) is 5.60 Å². The van der Waals surface area contributed by atoms with E-state index < -0.39 is 0 Å². The van der Waals surface area contributed by atoms with Gasteiger partial charge in [0.2, 0.25) is 0 Å². The number of nitrogens with zero attached hydrogens (tertiary/aromatic N) is 1. The lowest BCUT2D eigenvalue weighted by Gasteiger charge is -2.15. The van der Waals surface area contributed by atoms with Crippen LogP contribution in [-0.4, -0.2) is 11.6 Å². The molecule has 0 aromatic carbocycles. The molecule has 1 aliphatic heterocycles. The minimum absolute atomic E-state index is 0.0364. The first-order chi connectivity index (χ1) is 5.91. The number of hydrogen-bond donors (Lipinski definition) is 0. The highest BCUT2D eigenvalue weighted by molar-refractivity contribution is 5.57. The highest BCUT2D eigenvalue weighted by Crippen LogP contribution is 2.45. The molecule has 0 N–H and O–H groups in total. The van der Waals surface area contributed by atoms with Crippen molar-refractivity contribution in [3.8, 4) is 0 Å². The van der Waals surface area contributed by atoms with Crippen LogP contribution < -0.4 is 0 Å². The highest BCUT2D eigenvalue weighted by Gasteiger charge is 2.48. The molecule has 2 aliphatic rings. The number of aromatic nitrogens is 1. The second-order valence-electron chi connectivity index (χ2n) is 3.33. The molecule has 0 bridgehead atoms. The topological polar surface area (TPSA) is 25.4 Å². The van der Waals surface area contributed by atoms with E-state index in [4.69, 9.17) is 4.74 Å². The van der Waals surface area contributed by atoms with Crippen LogP contribution in [0, 0.1) is 0 Å². The van der Waals surface area contributed by atoms with Gasteiger partial charge in [-0.05, 0) is 11.6 Å². The van der Waals surface area contributed by atoms with Crippen molar-refractivity contribution >= 4 is 6.08 Å².